The minimum atomic E-state index is 0.638. The predicted octanol–water partition coefficient (Wildman–Crippen LogP) is 3.21. The van der Waals surface area contributed by atoms with Crippen molar-refractivity contribution < 1.29 is 9.47 Å². The van der Waals surface area contributed by atoms with E-state index in [-0.39, 0.29) is 0 Å². The van der Waals surface area contributed by atoms with Gasteiger partial charge in [0.15, 0.2) is 0 Å². The summed E-state index contributed by atoms with van der Waals surface area (Å²) in [6.07, 6.45) is 1.72. The Kier molecular flexibility index (Phi) is 5.30. The van der Waals surface area contributed by atoms with E-state index in [2.05, 4.69) is 15.4 Å². The second kappa shape index (κ2) is 7.81. The third-order valence-corrected chi connectivity index (χ3v) is 3.91. The summed E-state index contributed by atoms with van der Waals surface area (Å²) in [5.74, 6) is 2.17. The van der Waals surface area contributed by atoms with Gasteiger partial charge >= 0.3 is 0 Å². The van der Waals surface area contributed by atoms with Gasteiger partial charge in [0.2, 0.25) is 11.8 Å². The van der Waals surface area contributed by atoms with Crippen molar-refractivity contribution in [2.24, 2.45) is 7.05 Å². The first-order valence-corrected chi connectivity index (χ1v) is 8.13. The number of rotatable bonds is 7. The number of nitrogens with zero attached hydrogens (tertiary/aromatic N) is 3. The molecule has 0 aliphatic carbocycles. The molecule has 25 heavy (non-hydrogen) atoms. The predicted molar refractivity (Wildman–Crippen MR) is 95.8 cm³/mol. The van der Waals surface area contributed by atoms with Crippen LogP contribution in [0.4, 0.5) is 0 Å². The molecule has 0 saturated heterocycles. The largest absolute Gasteiger partial charge is 0.481 e. The van der Waals surface area contributed by atoms with Gasteiger partial charge in [0.25, 0.3) is 0 Å². The average molecular weight is 338 g/mol. The number of hydrogen-bond donors (Lipinski definition) is 1. The smallest absolute Gasteiger partial charge is 0.222 e. The van der Waals surface area contributed by atoms with Crippen LogP contribution in [0.1, 0.15) is 16.8 Å². The van der Waals surface area contributed by atoms with E-state index in [4.69, 9.17) is 9.47 Å². The highest BCUT2D eigenvalue weighted by Crippen LogP contribution is 2.27. The Bertz CT molecular complexity index is 831. The summed E-state index contributed by atoms with van der Waals surface area (Å²) in [6.45, 7) is 3.27. The summed E-state index contributed by atoms with van der Waals surface area (Å²) in [5.41, 5.74) is 2.99. The number of pyridine rings is 1. The van der Waals surface area contributed by atoms with E-state index < -0.39 is 0 Å². The Morgan fingerprint density at radius 1 is 1.08 bits per heavy atom. The molecule has 1 N–H and O–H groups in total. The van der Waals surface area contributed by atoms with Crippen LogP contribution < -0.4 is 14.8 Å². The third-order valence-electron chi connectivity index (χ3n) is 3.91. The molecule has 0 spiro atoms. The van der Waals surface area contributed by atoms with Crippen molar-refractivity contribution >= 4 is 0 Å². The molecule has 130 valence electrons. The van der Waals surface area contributed by atoms with Gasteiger partial charge in [-0.15, -0.1) is 0 Å². The fraction of sp³-hybridized carbons (Fsp3) is 0.263. The maximum atomic E-state index is 6.03. The highest BCUT2D eigenvalue weighted by atomic mass is 16.5. The quantitative estimate of drug-likeness (QED) is 0.717. The van der Waals surface area contributed by atoms with Crippen LogP contribution in [0.5, 0.6) is 17.5 Å². The number of benzene rings is 1. The van der Waals surface area contributed by atoms with Gasteiger partial charge in [-0.25, -0.2) is 9.67 Å². The van der Waals surface area contributed by atoms with Crippen molar-refractivity contribution in [3.63, 3.8) is 0 Å². The number of nitrogens with one attached hydrogen (secondary N) is 1. The Balaban J connectivity index is 1.72. The molecule has 1 aromatic carbocycles. The van der Waals surface area contributed by atoms with Gasteiger partial charge in [0.05, 0.1) is 18.4 Å². The Morgan fingerprint density at radius 2 is 1.88 bits per heavy atom. The first-order chi connectivity index (χ1) is 12.2. The summed E-state index contributed by atoms with van der Waals surface area (Å²) >= 11 is 0. The molecule has 3 aromatic rings. The van der Waals surface area contributed by atoms with Crippen molar-refractivity contribution in [3.8, 4) is 17.5 Å². The van der Waals surface area contributed by atoms with Crippen LogP contribution in [0.15, 0.2) is 48.7 Å². The normalized spacial score (nSPS) is 10.7. The standard InChI is InChI=1S/C19H22N4O2/c1-14-17(13-20-12-15-8-7-11-21-18(15)24-3)19(23(2)22-14)25-16-9-5-4-6-10-16/h4-11,20H,12-13H2,1-3H3. The second-order valence-electron chi connectivity index (χ2n) is 5.68. The Hall–Kier alpha value is -2.86. The van der Waals surface area contributed by atoms with Crippen LogP contribution in [-0.2, 0) is 20.1 Å². The number of methoxy groups -OCH3 is 1. The van der Waals surface area contributed by atoms with E-state index in [1.165, 1.54) is 0 Å². The van der Waals surface area contributed by atoms with Gasteiger partial charge in [-0.05, 0) is 25.1 Å². The minimum Gasteiger partial charge on any atom is -0.481 e. The number of ether oxygens (including phenoxy) is 2. The van der Waals surface area contributed by atoms with E-state index in [1.54, 1.807) is 18.0 Å². The van der Waals surface area contributed by atoms with E-state index in [0.29, 0.717) is 19.0 Å². The molecule has 0 radical (unpaired) electrons. The number of aromatic nitrogens is 3. The monoisotopic (exact) mass is 338 g/mol. The lowest BCUT2D eigenvalue weighted by atomic mass is 10.2. The lowest BCUT2D eigenvalue weighted by Gasteiger charge is -2.11. The molecular weight excluding hydrogens is 316 g/mol. The van der Waals surface area contributed by atoms with Crippen LogP contribution >= 0.6 is 0 Å². The van der Waals surface area contributed by atoms with Gasteiger partial charge in [-0.2, -0.15) is 5.10 Å². The first-order valence-electron chi connectivity index (χ1n) is 8.13. The molecule has 0 bridgehead atoms. The molecule has 0 amide bonds. The maximum absolute atomic E-state index is 6.03. The van der Waals surface area contributed by atoms with Crippen LogP contribution in [0.3, 0.4) is 0 Å². The molecule has 0 saturated carbocycles. The second-order valence-corrected chi connectivity index (χ2v) is 5.68. The molecule has 6 nitrogen and oxygen atoms in total. The van der Waals surface area contributed by atoms with Crippen molar-refractivity contribution in [2.45, 2.75) is 20.0 Å². The van der Waals surface area contributed by atoms with Crippen LogP contribution in [0, 0.1) is 6.92 Å². The van der Waals surface area contributed by atoms with E-state index in [0.717, 1.165) is 28.5 Å². The molecule has 2 heterocycles. The molecule has 6 heteroatoms. The summed E-state index contributed by atoms with van der Waals surface area (Å²) in [7, 11) is 3.52. The summed E-state index contributed by atoms with van der Waals surface area (Å²) < 4.78 is 13.1. The molecule has 0 atom stereocenters. The van der Waals surface area contributed by atoms with Crippen LogP contribution in [0.2, 0.25) is 0 Å². The van der Waals surface area contributed by atoms with E-state index in [1.807, 2.05) is 56.4 Å². The van der Waals surface area contributed by atoms with Gasteiger partial charge < -0.3 is 14.8 Å². The average Bonchev–Trinajstić information content (AvgIpc) is 2.90. The van der Waals surface area contributed by atoms with Gasteiger partial charge in [0.1, 0.15) is 5.75 Å². The lowest BCUT2D eigenvalue weighted by molar-refractivity contribution is 0.390. The van der Waals surface area contributed by atoms with E-state index >= 15 is 0 Å². The molecule has 0 unspecified atom stereocenters. The minimum absolute atomic E-state index is 0.638. The van der Waals surface area contributed by atoms with Crippen LogP contribution in [0.25, 0.3) is 0 Å². The number of para-hydroxylation sites is 1. The fourth-order valence-corrected chi connectivity index (χ4v) is 2.68. The maximum Gasteiger partial charge on any atom is 0.222 e. The zero-order valence-electron chi connectivity index (χ0n) is 14.7. The Morgan fingerprint density at radius 3 is 2.64 bits per heavy atom. The van der Waals surface area contributed by atoms with E-state index in [9.17, 15) is 0 Å². The molecule has 3 rings (SSSR count). The molecule has 0 aliphatic rings. The highest BCUT2D eigenvalue weighted by molar-refractivity contribution is 5.35. The first kappa shape index (κ1) is 17.0. The molecule has 2 aromatic heterocycles. The van der Waals surface area contributed by atoms with Crippen molar-refractivity contribution in [1.29, 1.82) is 0 Å². The van der Waals surface area contributed by atoms with Crippen molar-refractivity contribution in [2.75, 3.05) is 7.11 Å². The number of hydrogen-bond acceptors (Lipinski definition) is 5. The van der Waals surface area contributed by atoms with Gasteiger partial charge in [0, 0.05) is 31.9 Å². The summed E-state index contributed by atoms with van der Waals surface area (Å²) in [6, 6.07) is 13.6. The van der Waals surface area contributed by atoms with Crippen molar-refractivity contribution in [1.82, 2.24) is 20.1 Å². The van der Waals surface area contributed by atoms with Crippen molar-refractivity contribution in [3.05, 3.63) is 65.5 Å². The summed E-state index contributed by atoms with van der Waals surface area (Å²) in [5, 5.41) is 7.90. The Labute approximate surface area is 147 Å². The number of aryl methyl sites for hydroxylation is 2. The third kappa shape index (κ3) is 3.97. The molecule has 0 fully saturated rings. The highest BCUT2D eigenvalue weighted by Gasteiger charge is 2.15. The molecule has 0 aliphatic heterocycles. The zero-order valence-corrected chi connectivity index (χ0v) is 14.7. The topological polar surface area (TPSA) is 61.2 Å². The van der Waals surface area contributed by atoms with Gasteiger partial charge in [-0.3, -0.25) is 0 Å². The van der Waals surface area contributed by atoms with Crippen LogP contribution in [-0.4, -0.2) is 21.9 Å². The molecular formula is C19H22N4O2. The fourth-order valence-electron chi connectivity index (χ4n) is 2.68. The summed E-state index contributed by atoms with van der Waals surface area (Å²) in [4.78, 5) is 4.21. The van der Waals surface area contributed by atoms with Gasteiger partial charge in [-0.1, -0.05) is 24.3 Å². The lowest BCUT2D eigenvalue weighted by Crippen LogP contribution is -2.14. The SMILES string of the molecule is COc1ncccc1CNCc1c(C)nn(C)c1Oc1ccccc1. The zero-order chi connectivity index (χ0) is 17.6.